The van der Waals surface area contributed by atoms with Crippen LogP contribution in [0.4, 0.5) is 0 Å². The lowest BCUT2D eigenvalue weighted by atomic mass is 10.0. The Balaban J connectivity index is 2.17. The van der Waals surface area contributed by atoms with Gasteiger partial charge in [0.2, 0.25) is 10.0 Å². The molecule has 1 aromatic carbocycles. The Morgan fingerprint density at radius 3 is 2.74 bits per heavy atom. The van der Waals surface area contributed by atoms with Crippen LogP contribution in [0.15, 0.2) is 27.6 Å². The van der Waals surface area contributed by atoms with E-state index < -0.39 is 10.0 Å². The monoisotopic (exact) mass is 346 g/mol. The molecule has 4 nitrogen and oxygen atoms in total. The first-order valence-corrected chi connectivity index (χ1v) is 8.67. The van der Waals surface area contributed by atoms with Crippen molar-refractivity contribution in [2.24, 2.45) is 0 Å². The molecular weight excluding hydrogens is 328 g/mol. The summed E-state index contributed by atoms with van der Waals surface area (Å²) in [5.41, 5.74) is 0.924. The molecule has 1 saturated heterocycles. The second-order valence-electron chi connectivity index (χ2n) is 5.16. The van der Waals surface area contributed by atoms with Crippen molar-refractivity contribution in [2.45, 2.75) is 43.7 Å². The molecule has 2 N–H and O–H groups in total. The van der Waals surface area contributed by atoms with Gasteiger partial charge >= 0.3 is 0 Å². The predicted molar refractivity (Wildman–Crippen MR) is 79.7 cm³/mol. The van der Waals surface area contributed by atoms with Gasteiger partial charge < -0.3 is 5.32 Å². The molecule has 6 heteroatoms. The van der Waals surface area contributed by atoms with Crippen molar-refractivity contribution >= 4 is 26.0 Å². The van der Waals surface area contributed by atoms with E-state index in [1.165, 1.54) is 0 Å². The third kappa shape index (κ3) is 4.02. The summed E-state index contributed by atoms with van der Waals surface area (Å²) in [6, 6.07) is 5.59. The Bertz CT molecular complexity index is 540. The minimum atomic E-state index is -3.44. The second kappa shape index (κ2) is 5.91. The van der Waals surface area contributed by atoms with Crippen LogP contribution < -0.4 is 10.0 Å². The van der Waals surface area contributed by atoms with Gasteiger partial charge in [-0.3, -0.25) is 0 Å². The lowest BCUT2D eigenvalue weighted by molar-refractivity contribution is 0.361. The number of hydrogen-bond donors (Lipinski definition) is 2. The number of piperidine rings is 1. The van der Waals surface area contributed by atoms with Crippen molar-refractivity contribution in [3.63, 3.8) is 0 Å². The highest BCUT2D eigenvalue weighted by atomic mass is 79.9. The van der Waals surface area contributed by atoms with E-state index in [0.29, 0.717) is 10.9 Å². The molecule has 1 aromatic rings. The van der Waals surface area contributed by atoms with E-state index in [2.05, 4.69) is 32.9 Å². The first-order valence-electron chi connectivity index (χ1n) is 6.40. The summed E-state index contributed by atoms with van der Waals surface area (Å²) in [6.45, 7) is 4.81. The van der Waals surface area contributed by atoms with Gasteiger partial charge in [-0.1, -0.05) is 15.9 Å². The minimum Gasteiger partial charge on any atom is -0.314 e. The lowest BCUT2D eigenvalue weighted by Gasteiger charge is -2.28. The lowest BCUT2D eigenvalue weighted by Crippen LogP contribution is -2.46. The molecule has 2 atom stereocenters. The Labute approximate surface area is 123 Å². The molecule has 2 unspecified atom stereocenters. The van der Waals surface area contributed by atoms with Crippen LogP contribution in [-0.2, 0) is 10.0 Å². The fourth-order valence-electron chi connectivity index (χ4n) is 2.38. The number of halogens is 1. The highest BCUT2D eigenvalue weighted by Crippen LogP contribution is 2.20. The normalized spacial score (nSPS) is 24.4. The summed E-state index contributed by atoms with van der Waals surface area (Å²) in [5, 5.41) is 3.31. The molecule has 0 saturated carbocycles. The second-order valence-corrected chi connectivity index (χ2v) is 7.79. The molecule has 19 heavy (non-hydrogen) atoms. The van der Waals surface area contributed by atoms with E-state index in [0.717, 1.165) is 29.4 Å². The van der Waals surface area contributed by atoms with Crippen molar-refractivity contribution < 1.29 is 8.42 Å². The quantitative estimate of drug-likeness (QED) is 0.881. The summed E-state index contributed by atoms with van der Waals surface area (Å²) in [5.74, 6) is 0. The average molecular weight is 347 g/mol. The largest absolute Gasteiger partial charge is 0.314 e. The van der Waals surface area contributed by atoms with Crippen LogP contribution in [0.1, 0.15) is 25.3 Å². The van der Waals surface area contributed by atoms with Crippen molar-refractivity contribution in [2.75, 3.05) is 6.54 Å². The zero-order chi connectivity index (χ0) is 14.0. The summed E-state index contributed by atoms with van der Waals surface area (Å²) in [4.78, 5) is 0.325. The first-order chi connectivity index (χ1) is 8.87. The molecule has 2 rings (SSSR count). The molecule has 1 heterocycles. The van der Waals surface area contributed by atoms with Crippen LogP contribution in [0.3, 0.4) is 0 Å². The van der Waals surface area contributed by atoms with Crippen LogP contribution in [-0.4, -0.2) is 27.0 Å². The van der Waals surface area contributed by atoms with Gasteiger partial charge in [0.15, 0.2) is 0 Å². The first kappa shape index (κ1) is 15.0. The van der Waals surface area contributed by atoms with Crippen molar-refractivity contribution in [1.29, 1.82) is 0 Å². The van der Waals surface area contributed by atoms with Gasteiger partial charge in [-0.05, 0) is 57.0 Å². The van der Waals surface area contributed by atoms with Crippen LogP contribution in [0.25, 0.3) is 0 Å². The van der Waals surface area contributed by atoms with Crippen LogP contribution in [0.5, 0.6) is 0 Å². The minimum absolute atomic E-state index is 0.0144. The summed E-state index contributed by atoms with van der Waals surface area (Å²) >= 11 is 3.34. The molecule has 0 bridgehead atoms. The fraction of sp³-hybridized carbons (Fsp3) is 0.538. The number of rotatable bonds is 3. The smallest absolute Gasteiger partial charge is 0.240 e. The highest BCUT2D eigenvalue weighted by Gasteiger charge is 2.24. The molecule has 0 aliphatic carbocycles. The van der Waals surface area contributed by atoms with Gasteiger partial charge in [0.1, 0.15) is 0 Å². The van der Waals surface area contributed by atoms with Crippen molar-refractivity contribution in [3.8, 4) is 0 Å². The maximum absolute atomic E-state index is 12.4. The van der Waals surface area contributed by atoms with E-state index in [-0.39, 0.29) is 6.04 Å². The average Bonchev–Trinajstić information content (AvgIpc) is 2.26. The van der Waals surface area contributed by atoms with E-state index in [9.17, 15) is 8.42 Å². The van der Waals surface area contributed by atoms with E-state index >= 15 is 0 Å². The molecule has 1 fully saturated rings. The molecule has 0 amide bonds. The van der Waals surface area contributed by atoms with E-state index in [4.69, 9.17) is 0 Å². The number of aryl methyl sites for hydroxylation is 1. The highest BCUT2D eigenvalue weighted by molar-refractivity contribution is 9.10. The van der Waals surface area contributed by atoms with Crippen LogP contribution in [0, 0.1) is 6.92 Å². The fourth-order valence-corrected chi connectivity index (χ4v) is 4.56. The third-order valence-corrected chi connectivity index (χ3v) is 5.23. The van der Waals surface area contributed by atoms with Crippen molar-refractivity contribution in [1.82, 2.24) is 10.0 Å². The Kier molecular flexibility index (Phi) is 4.66. The third-order valence-electron chi connectivity index (χ3n) is 3.27. The standard InChI is InChI=1S/C13H19BrN2O2S/c1-9-5-11(14)8-13(6-9)19(17,18)16-12-3-4-15-10(2)7-12/h5-6,8,10,12,15-16H,3-4,7H2,1-2H3. The molecule has 0 radical (unpaired) electrons. The van der Waals surface area contributed by atoms with Gasteiger partial charge in [-0.15, -0.1) is 0 Å². The molecule has 0 aromatic heterocycles. The molecule has 0 spiro atoms. The Morgan fingerprint density at radius 1 is 1.37 bits per heavy atom. The summed E-state index contributed by atoms with van der Waals surface area (Å²) < 4.78 is 28.3. The number of hydrogen-bond acceptors (Lipinski definition) is 3. The summed E-state index contributed by atoms with van der Waals surface area (Å²) in [6.07, 6.45) is 1.66. The van der Waals surface area contributed by atoms with Gasteiger partial charge in [0.25, 0.3) is 0 Å². The maximum atomic E-state index is 12.4. The number of sulfonamides is 1. The van der Waals surface area contributed by atoms with Crippen LogP contribution >= 0.6 is 15.9 Å². The number of nitrogens with one attached hydrogen (secondary N) is 2. The van der Waals surface area contributed by atoms with Gasteiger partial charge in [-0.25, -0.2) is 13.1 Å². The van der Waals surface area contributed by atoms with E-state index in [1.807, 2.05) is 13.0 Å². The molecule has 1 aliphatic heterocycles. The Hall–Kier alpha value is -0.430. The molecule has 106 valence electrons. The zero-order valence-electron chi connectivity index (χ0n) is 11.1. The predicted octanol–water partition coefficient (Wildman–Crippen LogP) is 2.18. The maximum Gasteiger partial charge on any atom is 0.240 e. The van der Waals surface area contributed by atoms with Gasteiger partial charge in [0.05, 0.1) is 4.90 Å². The molecule has 1 aliphatic rings. The van der Waals surface area contributed by atoms with Crippen LogP contribution in [0.2, 0.25) is 0 Å². The zero-order valence-corrected chi connectivity index (χ0v) is 13.5. The SMILES string of the molecule is Cc1cc(Br)cc(S(=O)(=O)NC2CCNC(C)C2)c1. The van der Waals surface area contributed by atoms with Crippen molar-refractivity contribution in [3.05, 3.63) is 28.2 Å². The topological polar surface area (TPSA) is 58.2 Å². The van der Waals surface area contributed by atoms with Gasteiger partial charge in [0, 0.05) is 16.6 Å². The Morgan fingerprint density at radius 2 is 2.11 bits per heavy atom. The summed E-state index contributed by atoms with van der Waals surface area (Å²) in [7, 11) is -3.44. The van der Waals surface area contributed by atoms with E-state index in [1.54, 1.807) is 12.1 Å². The number of benzene rings is 1. The molecular formula is C13H19BrN2O2S. The van der Waals surface area contributed by atoms with Gasteiger partial charge in [-0.2, -0.15) is 0 Å².